The van der Waals surface area contributed by atoms with Gasteiger partial charge in [-0.1, -0.05) is 29.8 Å². The molecule has 1 aromatic heterocycles. The number of carboxylic acids is 2. The van der Waals surface area contributed by atoms with E-state index in [0.717, 1.165) is 29.5 Å². The number of hydrogen-bond donors (Lipinski definition) is 2. The molecule has 30 heavy (non-hydrogen) atoms. The van der Waals surface area contributed by atoms with Crippen molar-refractivity contribution in [2.24, 2.45) is 5.92 Å². The molecule has 1 atom stereocenters. The molecule has 1 aromatic carbocycles. The minimum atomic E-state index is -1.26. The van der Waals surface area contributed by atoms with Crippen LogP contribution in [0, 0.1) is 12.8 Å². The van der Waals surface area contributed by atoms with Crippen LogP contribution in [0.1, 0.15) is 18.4 Å². The first-order valence-electron chi connectivity index (χ1n) is 9.97. The molecule has 3 saturated heterocycles. The van der Waals surface area contributed by atoms with Crippen molar-refractivity contribution in [3.8, 4) is 17.0 Å². The predicted molar refractivity (Wildman–Crippen MR) is 112 cm³/mol. The lowest BCUT2D eigenvalue weighted by atomic mass is 9.86. The standard InChI is InChI=1S/C19H22N2O.C4H4O4/c1-14-2-4-15(5-3-14)18-7-6-17(12-20-18)22-19-13-21-10-8-16(19)9-11-21;5-3(6)1-2-4(7)8/h2-7,12,16,19H,8-11,13H2,1H3;1-2H,(H,5,6)(H,7,8)/b;2-1+/t19-;/m0./s1. The predicted octanol–water partition coefficient (Wildman–Crippen LogP) is 3.24. The van der Waals surface area contributed by atoms with Crippen LogP contribution in [0.5, 0.6) is 5.75 Å². The number of carboxylic acid groups (broad SMARTS) is 2. The lowest BCUT2D eigenvalue weighted by molar-refractivity contribution is -0.134. The third kappa shape index (κ3) is 6.15. The van der Waals surface area contributed by atoms with Crippen LogP contribution in [0.25, 0.3) is 11.3 Å². The third-order valence-electron chi connectivity index (χ3n) is 5.34. The normalized spacial score (nSPS) is 22.2. The SMILES string of the molecule is Cc1ccc(-c2ccc(O[C@H]3CN4CCC3CC4)cn2)cc1.O=C(O)/C=C/C(=O)O. The van der Waals surface area contributed by atoms with Gasteiger partial charge in [0.1, 0.15) is 11.9 Å². The number of nitrogens with zero attached hydrogens (tertiary/aromatic N) is 2. The number of aromatic nitrogens is 1. The van der Waals surface area contributed by atoms with Crippen LogP contribution >= 0.6 is 0 Å². The van der Waals surface area contributed by atoms with E-state index in [1.54, 1.807) is 0 Å². The summed E-state index contributed by atoms with van der Waals surface area (Å²) in [6.45, 7) is 5.66. The molecule has 3 aliphatic heterocycles. The maximum absolute atomic E-state index is 9.55. The van der Waals surface area contributed by atoms with Crippen LogP contribution in [-0.2, 0) is 9.59 Å². The van der Waals surface area contributed by atoms with Crippen molar-refractivity contribution in [2.45, 2.75) is 25.9 Å². The molecule has 7 heteroatoms. The first-order valence-corrected chi connectivity index (χ1v) is 9.97. The minimum Gasteiger partial charge on any atom is -0.487 e. The largest absolute Gasteiger partial charge is 0.487 e. The molecule has 2 aromatic rings. The quantitative estimate of drug-likeness (QED) is 0.730. The number of piperidine rings is 3. The van der Waals surface area contributed by atoms with Crippen molar-refractivity contribution in [3.63, 3.8) is 0 Å². The van der Waals surface area contributed by atoms with Gasteiger partial charge in [-0.25, -0.2) is 9.59 Å². The van der Waals surface area contributed by atoms with Gasteiger partial charge in [-0.2, -0.15) is 0 Å². The van der Waals surface area contributed by atoms with E-state index in [1.165, 1.54) is 31.5 Å². The number of aryl methyl sites for hydroxylation is 1. The average Bonchev–Trinajstić information content (AvgIpc) is 2.75. The van der Waals surface area contributed by atoms with Crippen molar-refractivity contribution in [3.05, 3.63) is 60.3 Å². The van der Waals surface area contributed by atoms with Crippen LogP contribution < -0.4 is 4.74 Å². The van der Waals surface area contributed by atoms with Crippen LogP contribution in [0.15, 0.2) is 54.7 Å². The van der Waals surface area contributed by atoms with E-state index in [0.29, 0.717) is 18.3 Å². The van der Waals surface area contributed by atoms with Gasteiger partial charge in [0.05, 0.1) is 11.9 Å². The first kappa shape index (κ1) is 21.5. The summed E-state index contributed by atoms with van der Waals surface area (Å²) in [5, 5.41) is 15.6. The molecule has 0 aliphatic carbocycles. The number of carbonyl (C=O) groups is 2. The van der Waals surface area contributed by atoms with Crippen molar-refractivity contribution in [1.29, 1.82) is 0 Å². The lowest BCUT2D eigenvalue weighted by Gasteiger charge is -2.44. The van der Waals surface area contributed by atoms with Gasteiger partial charge in [0, 0.05) is 24.3 Å². The zero-order valence-corrected chi connectivity index (χ0v) is 16.9. The highest BCUT2D eigenvalue weighted by Gasteiger charge is 2.35. The fourth-order valence-electron chi connectivity index (χ4n) is 3.71. The number of aliphatic carboxylic acids is 2. The maximum atomic E-state index is 9.55. The topological polar surface area (TPSA) is 100.0 Å². The number of fused-ring (bicyclic) bond motifs is 3. The summed E-state index contributed by atoms with van der Waals surface area (Å²) in [7, 11) is 0. The molecule has 2 bridgehead atoms. The second-order valence-corrected chi connectivity index (χ2v) is 7.55. The second-order valence-electron chi connectivity index (χ2n) is 7.55. The zero-order valence-electron chi connectivity index (χ0n) is 16.9. The van der Waals surface area contributed by atoms with Gasteiger partial charge >= 0.3 is 11.9 Å². The van der Waals surface area contributed by atoms with E-state index >= 15 is 0 Å². The number of hydrogen-bond acceptors (Lipinski definition) is 5. The van der Waals surface area contributed by atoms with Crippen LogP contribution in [0.3, 0.4) is 0 Å². The van der Waals surface area contributed by atoms with Crippen molar-refractivity contribution < 1.29 is 24.5 Å². The van der Waals surface area contributed by atoms with Crippen LogP contribution in [0.4, 0.5) is 0 Å². The van der Waals surface area contributed by atoms with Crippen LogP contribution in [-0.4, -0.2) is 57.8 Å². The Balaban J connectivity index is 0.000000275. The molecule has 3 aliphatic rings. The highest BCUT2D eigenvalue weighted by Crippen LogP contribution is 2.31. The highest BCUT2D eigenvalue weighted by molar-refractivity contribution is 5.89. The summed E-state index contributed by atoms with van der Waals surface area (Å²) in [5.74, 6) is -0.892. The average molecular weight is 410 g/mol. The molecule has 0 radical (unpaired) electrons. The van der Waals surface area contributed by atoms with Crippen molar-refractivity contribution in [2.75, 3.05) is 19.6 Å². The zero-order chi connectivity index (χ0) is 21.5. The molecule has 0 amide bonds. The molecule has 5 rings (SSSR count). The Labute approximate surface area is 175 Å². The van der Waals surface area contributed by atoms with E-state index < -0.39 is 11.9 Å². The Hall–Kier alpha value is -3.19. The Morgan fingerprint density at radius 2 is 1.67 bits per heavy atom. The third-order valence-corrected chi connectivity index (χ3v) is 5.34. The molecule has 0 unspecified atom stereocenters. The van der Waals surface area contributed by atoms with E-state index in [1.807, 2.05) is 6.20 Å². The molecule has 7 nitrogen and oxygen atoms in total. The summed E-state index contributed by atoms with van der Waals surface area (Å²) in [6.07, 6.45) is 5.88. The summed E-state index contributed by atoms with van der Waals surface area (Å²) < 4.78 is 6.20. The summed E-state index contributed by atoms with van der Waals surface area (Å²) in [6, 6.07) is 12.6. The van der Waals surface area contributed by atoms with E-state index in [2.05, 4.69) is 53.2 Å². The van der Waals surface area contributed by atoms with Crippen LogP contribution in [0.2, 0.25) is 0 Å². The van der Waals surface area contributed by atoms with Gasteiger partial charge in [-0.15, -0.1) is 0 Å². The van der Waals surface area contributed by atoms with Gasteiger partial charge < -0.3 is 14.9 Å². The van der Waals surface area contributed by atoms with Gasteiger partial charge in [0.15, 0.2) is 0 Å². The Kier molecular flexibility index (Phi) is 7.19. The molecular weight excluding hydrogens is 384 g/mol. The first-order chi connectivity index (χ1) is 14.4. The summed E-state index contributed by atoms with van der Waals surface area (Å²) in [4.78, 5) is 26.2. The number of ether oxygens (including phenoxy) is 1. The van der Waals surface area contributed by atoms with Crippen molar-refractivity contribution in [1.82, 2.24) is 9.88 Å². The van der Waals surface area contributed by atoms with E-state index in [-0.39, 0.29) is 0 Å². The molecule has 0 saturated carbocycles. The van der Waals surface area contributed by atoms with Gasteiger partial charge in [-0.05, 0) is 50.9 Å². The molecule has 3 fully saturated rings. The second kappa shape index (κ2) is 10.0. The summed E-state index contributed by atoms with van der Waals surface area (Å²) in [5.41, 5.74) is 3.42. The van der Waals surface area contributed by atoms with Gasteiger partial charge in [-0.3, -0.25) is 9.88 Å². The smallest absolute Gasteiger partial charge is 0.328 e. The Bertz CT molecular complexity index is 869. The fraction of sp³-hybridized carbons (Fsp3) is 0.348. The summed E-state index contributed by atoms with van der Waals surface area (Å²) >= 11 is 0. The number of benzene rings is 1. The van der Waals surface area contributed by atoms with Gasteiger partial charge in [0.25, 0.3) is 0 Å². The maximum Gasteiger partial charge on any atom is 0.328 e. The molecule has 0 spiro atoms. The molecule has 2 N–H and O–H groups in total. The van der Waals surface area contributed by atoms with E-state index in [9.17, 15) is 9.59 Å². The monoisotopic (exact) mass is 410 g/mol. The fourth-order valence-corrected chi connectivity index (χ4v) is 3.71. The highest BCUT2D eigenvalue weighted by atomic mass is 16.5. The number of rotatable bonds is 5. The number of pyridine rings is 1. The molecule has 158 valence electrons. The molecular formula is C23H26N2O5. The van der Waals surface area contributed by atoms with Crippen molar-refractivity contribution >= 4 is 11.9 Å². The Morgan fingerprint density at radius 1 is 1.03 bits per heavy atom. The van der Waals surface area contributed by atoms with E-state index in [4.69, 9.17) is 14.9 Å². The molecule has 4 heterocycles. The lowest BCUT2D eigenvalue weighted by Crippen LogP contribution is -2.52. The van der Waals surface area contributed by atoms with Gasteiger partial charge in [0.2, 0.25) is 0 Å². The Morgan fingerprint density at radius 3 is 2.13 bits per heavy atom. The minimum absolute atomic E-state index is 0.342.